The zero-order valence-electron chi connectivity index (χ0n) is 17.1. The molecule has 8 nitrogen and oxygen atoms in total. The van der Waals surface area contributed by atoms with Crippen LogP contribution in [0.15, 0.2) is 59.1 Å². The third-order valence-corrected chi connectivity index (χ3v) is 5.05. The number of aromatic amines is 2. The Morgan fingerprint density at radius 2 is 1.87 bits per heavy atom. The molecule has 1 amide bonds. The van der Waals surface area contributed by atoms with Crippen LogP contribution in [0.5, 0.6) is 0 Å². The van der Waals surface area contributed by atoms with Gasteiger partial charge < -0.3 is 19.8 Å². The molecule has 31 heavy (non-hydrogen) atoms. The molecule has 3 N–H and O–H groups in total. The van der Waals surface area contributed by atoms with Crippen LogP contribution >= 0.6 is 0 Å². The Morgan fingerprint density at radius 1 is 1.03 bits per heavy atom. The van der Waals surface area contributed by atoms with E-state index in [-0.39, 0.29) is 5.91 Å². The standard InChI is InChI=1S/C23H20N6O2/c1-13-20(28-21(25-13)22(30)24-12-15-6-4-3-5-7-15)16-8-9-18-17(10-16)11-19(27-18)23-26-14(2)29-31-23/h3-11,27H,12H2,1-2H3,(H,24,30)(H,25,28). The van der Waals surface area contributed by atoms with E-state index in [1.165, 1.54) is 0 Å². The van der Waals surface area contributed by atoms with Crippen LogP contribution in [0.25, 0.3) is 33.7 Å². The third kappa shape index (κ3) is 3.71. The first-order valence-electron chi connectivity index (χ1n) is 9.89. The normalized spacial score (nSPS) is 11.2. The van der Waals surface area contributed by atoms with E-state index in [1.54, 1.807) is 6.92 Å². The van der Waals surface area contributed by atoms with E-state index in [9.17, 15) is 4.79 Å². The summed E-state index contributed by atoms with van der Waals surface area (Å²) in [7, 11) is 0. The average Bonchev–Trinajstić information content (AvgIpc) is 3.50. The first kappa shape index (κ1) is 18.8. The van der Waals surface area contributed by atoms with Crippen molar-refractivity contribution < 1.29 is 9.32 Å². The van der Waals surface area contributed by atoms with Crippen molar-refractivity contribution in [1.82, 2.24) is 30.4 Å². The molecule has 0 spiro atoms. The number of nitrogens with one attached hydrogen (secondary N) is 3. The second kappa shape index (κ2) is 7.56. The Morgan fingerprint density at radius 3 is 2.65 bits per heavy atom. The van der Waals surface area contributed by atoms with Crippen molar-refractivity contribution in [2.24, 2.45) is 0 Å². The summed E-state index contributed by atoms with van der Waals surface area (Å²) in [4.78, 5) is 27.7. The molecule has 2 aromatic carbocycles. The van der Waals surface area contributed by atoms with Crippen LogP contribution in [-0.4, -0.2) is 31.0 Å². The van der Waals surface area contributed by atoms with Gasteiger partial charge in [0.15, 0.2) is 11.6 Å². The number of aromatic nitrogens is 5. The van der Waals surface area contributed by atoms with Gasteiger partial charge in [0.25, 0.3) is 11.8 Å². The highest BCUT2D eigenvalue weighted by Gasteiger charge is 2.16. The number of nitrogens with zero attached hydrogens (tertiary/aromatic N) is 3. The number of rotatable bonds is 5. The SMILES string of the molecule is Cc1noc(-c2cc3cc(-c4nc(C(=O)NCc5ccccc5)[nH]c4C)ccc3[nH]2)n1. The maximum absolute atomic E-state index is 12.6. The van der Waals surface area contributed by atoms with Crippen LogP contribution in [-0.2, 0) is 6.54 Å². The van der Waals surface area contributed by atoms with E-state index in [4.69, 9.17) is 4.52 Å². The third-order valence-electron chi connectivity index (χ3n) is 5.05. The molecule has 0 aliphatic carbocycles. The second-order valence-corrected chi connectivity index (χ2v) is 7.36. The monoisotopic (exact) mass is 412 g/mol. The van der Waals surface area contributed by atoms with E-state index in [0.29, 0.717) is 24.1 Å². The Labute approximate surface area is 177 Å². The van der Waals surface area contributed by atoms with E-state index in [0.717, 1.165) is 39.1 Å². The van der Waals surface area contributed by atoms with Crippen LogP contribution in [0, 0.1) is 13.8 Å². The molecular weight excluding hydrogens is 392 g/mol. The highest BCUT2D eigenvalue weighted by molar-refractivity contribution is 5.92. The van der Waals surface area contributed by atoms with Crippen molar-refractivity contribution in [1.29, 1.82) is 0 Å². The molecule has 0 fully saturated rings. The number of imidazole rings is 1. The lowest BCUT2D eigenvalue weighted by atomic mass is 10.1. The first-order chi connectivity index (χ1) is 15.1. The average molecular weight is 412 g/mol. The summed E-state index contributed by atoms with van der Waals surface area (Å²) < 4.78 is 5.24. The lowest BCUT2D eigenvalue weighted by Gasteiger charge is -2.02. The summed E-state index contributed by atoms with van der Waals surface area (Å²) in [6, 6.07) is 17.7. The summed E-state index contributed by atoms with van der Waals surface area (Å²) in [5.74, 6) is 1.08. The number of benzene rings is 2. The van der Waals surface area contributed by atoms with Crippen molar-refractivity contribution in [2.45, 2.75) is 20.4 Å². The van der Waals surface area contributed by atoms with Gasteiger partial charge in [-0.15, -0.1) is 0 Å². The maximum atomic E-state index is 12.6. The number of hydrogen-bond donors (Lipinski definition) is 3. The van der Waals surface area contributed by atoms with E-state index in [2.05, 4.69) is 30.4 Å². The lowest BCUT2D eigenvalue weighted by Crippen LogP contribution is -2.23. The van der Waals surface area contributed by atoms with Crippen LogP contribution in [0.3, 0.4) is 0 Å². The minimum Gasteiger partial charge on any atom is -0.351 e. The van der Waals surface area contributed by atoms with Crippen molar-refractivity contribution in [3.63, 3.8) is 0 Å². The van der Waals surface area contributed by atoms with Gasteiger partial charge in [-0.1, -0.05) is 41.6 Å². The largest absolute Gasteiger partial charge is 0.351 e. The molecule has 0 saturated heterocycles. The molecule has 3 heterocycles. The molecule has 0 radical (unpaired) electrons. The molecule has 0 atom stereocenters. The number of hydrogen-bond acceptors (Lipinski definition) is 5. The Balaban J connectivity index is 1.39. The number of carbonyl (C=O) groups excluding carboxylic acids is 1. The van der Waals surface area contributed by atoms with Gasteiger partial charge >= 0.3 is 0 Å². The molecule has 3 aromatic heterocycles. The fraction of sp³-hybridized carbons (Fsp3) is 0.130. The van der Waals surface area contributed by atoms with Crippen molar-refractivity contribution >= 4 is 16.8 Å². The molecule has 5 aromatic rings. The molecule has 5 rings (SSSR count). The molecular formula is C23H20N6O2. The van der Waals surface area contributed by atoms with E-state index < -0.39 is 0 Å². The summed E-state index contributed by atoms with van der Waals surface area (Å²) in [6.45, 7) is 4.13. The zero-order valence-corrected chi connectivity index (χ0v) is 17.1. The number of H-pyrrole nitrogens is 2. The van der Waals surface area contributed by atoms with E-state index in [1.807, 2.05) is 61.5 Å². The lowest BCUT2D eigenvalue weighted by molar-refractivity contribution is 0.0941. The van der Waals surface area contributed by atoms with E-state index >= 15 is 0 Å². The van der Waals surface area contributed by atoms with Crippen LogP contribution < -0.4 is 5.32 Å². The highest BCUT2D eigenvalue weighted by Crippen LogP contribution is 2.28. The number of fused-ring (bicyclic) bond motifs is 1. The van der Waals surface area contributed by atoms with Crippen molar-refractivity contribution in [3.8, 4) is 22.8 Å². The van der Waals surface area contributed by atoms with Gasteiger partial charge in [-0.3, -0.25) is 4.79 Å². The van der Waals surface area contributed by atoms with Crippen molar-refractivity contribution in [2.75, 3.05) is 0 Å². The fourth-order valence-corrected chi connectivity index (χ4v) is 3.51. The van der Waals surface area contributed by atoms with Crippen LogP contribution in [0.4, 0.5) is 0 Å². The van der Waals surface area contributed by atoms with Gasteiger partial charge in [0.05, 0.1) is 5.69 Å². The number of amides is 1. The fourth-order valence-electron chi connectivity index (χ4n) is 3.51. The van der Waals surface area contributed by atoms with Crippen molar-refractivity contribution in [3.05, 3.63) is 77.5 Å². The molecule has 0 aliphatic heterocycles. The molecule has 0 unspecified atom stereocenters. The van der Waals surface area contributed by atoms with Gasteiger partial charge in [0.2, 0.25) is 0 Å². The summed E-state index contributed by atoms with van der Waals surface area (Å²) in [5, 5.41) is 7.72. The summed E-state index contributed by atoms with van der Waals surface area (Å²) >= 11 is 0. The van der Waals surface area contributed by atoms with Crippen LogP contribution in [0.1, 0.15) is 27.7 Å². The topological polar surface area (TPSA) is 112 Å². The smallest absolute Gasteiger partial charge is 0.287 e. The number of aryl methyl sites for hydroxylation is 2. The molecule has 154 valence electrons. The molecule has 8 heteroatoms. The predicted molar refractivity (Wildman–Crippen MR) is 116 cm³/mol. The minimum atomic E-state index is -0.241. The molecule has 0 aliphatic rings. The summed E-state index contributed by atoms with van der Waals surface area (Å²) in [5.41, 5.74) is 5.21. The minimum absolute atomic E-state index is 0.241. The first-order valence-corrected chi connectivity index (χ1v) is 9.89. The van der Waals surface area contributed by atoms with Gasteiger partial charge in [-0.25, -0.2) is 4.98 Å². The Hall–Kier alpha value is -4.20. The van der Waals surface area contributed by atoms with Gasteiger partial charge in [-0.2, -0.15) is 4.98 Å². The van der Waals surface area contributed by atoms with Gasteiger partial charge in [-0.05, 0) is 37.6 Å². The predicted octanol–water partition coefficient (Wildman–Crippen LogP) is 4.15. The highest BCUT2D eigenvalue weighted by atomic mass is 16.5. The Kier molecular flexibility index (Phi) is 4.59. The van der Waals surface area contributed by atoms with Gasteiger partial charge in [0.1, 0.15) is 5.69 Å². The maximum Gasteiger partial charge on any atom is 0.287 e. The molecule has 0 saturated carbocycles. The quantitative estimate of drug-likeness (QED) is 0.401. The number of carbonyl (C=O) groups is 1. The van der Waals surface area contributed by atoms with Gasteiger partial charge in [0, 0.05) is 28.7 Å². The second-order valence-electron chi connectivity index (χ2n) is 7.36. The zero-order chi connectivity index (χ0) is 21.4. The Bertz CT molecular complexity index is 1380. The molecule has 0 bridgehead atoms. The van der Waals surface area contributed by atoms with Crippen LogP contribution in [0.2, 0.25) is 0 Å². The summed E-state index contributed by atoms with van der Waals surface area (Å²) in [6.07, 6.45) is 0.